The standard InChI is InChI=1S/C11H7ClF3N3O/c12-9-5-8(17-10(16)18-9)6-2-1-3-7(4-6)19-11(13,14)15/h1-5H,(H2,16,17,18). The summed E-state index contributed by atoms with van der Waals surface area (Å²) < 4.78 is 40.2. The van der Waals surface area contributed by atoms with Crippen LogP contribution < -0.4 is 10.5 Å². The summed E-state index contributed by atoms with van der Waals surface area (Å²) >= 11 is 5.70. The summed E-state index contributed by atoms with van der Waals surface area (Å²) in [4.78, 5) is 7.55. The number of alkyl halides is 3. The van der Waals surface area contributed by atoms with E-state index in [1.807, 2.05) is 0 Å². The van der Waals surface area contributed by atoms with E-state index in [-0.39, 0.29) is 16.9 Å². The SMILES string of the molecule is Nc1nc(Cl)cc(-c2cccc(OC(F)(F)F)c2)n1. The Morgan fingerprint density at radius 2 is 1.89 bits per heavy atom. The lowest BCUT2D eigenvalue weighted by Crippen LogP contribution is -2.17. The Labute approximate surface area is 111 Å². The van der Waals surface area contributed by atoms with Gasteiger partial charge in [0.25, 0.3) is 0 Å². The van der Waals surface area contributed by atoms with Crippen LogP contribution in [0.1, 0.15) is 0 Å². The number of hydrogen-bond acceptors (Lipinski definition) is 4. The van der Waals surface area contributed by atoms with E-state index in [1.165, 1.54) is 24.3 Å². The molecule has 2 N–H and O–H groups in total. The maximum Gasteiger partial charge on any atom is 0.573 e. The van der Waals surface area contributed by atoms with Gasteiger partial charge in [0.1, 0.15) is 10.9 Å². The largest absolute Gasteiger partial charge is 0.573 e. The van der Waals surface area contributed by atoms with Crippen LogP contribution in [-0.4, -0.2) is 16.3 Å². The molecule has 0 aliphatic heterocycles. The van der Waals surface area contributed by atoms with Crippen molar-refractivity contribution >= 4 is 17.5 Å². The maximum absolute atomic E-state index is 12.1. The Kier molecular flexibility index (Phi) is 3.48. The van der Waals surface area contributed by atoms with E-state index in [1.54, 1.807) is 6.07 Å². The number of nitrogens with two attached hydrogens (primary N) is 1. The van der Waals surface area contributed by atoms with E-state index >= 15 is 0 Å². The summed E-state index contributed by atoms with van der Waals surface area (Å²) in [5.74, 6) is -0.414. The molecule has 0 amide bonds. The van der Waals surface area contributed by atoms with Crippen molar-refractivity contribution in [1.29, 1.82) is 0 Å². The van der Waals surface area contributed by atoms with Crippen LogP contribution >= 0.6 is 11.6 Å². The van der Waals surface area contributed by atoms with Crippen LogP contribution in [0.3, 0.4) is 0 Å². The molecule has 19 heavy (non-hydrogen) atoms. The average molecular weight is 290 g/mol. The molecule has 1 heterocycles. The summed E-state index contributed by atoms with van der Waals surface area (Å²) in [6, 6.07) is 6.73. The van der Waals surface area contributed by atoms with E-state index in [4.69, 9.17) is 17.3 Å². The first-order valence-electron chi connectivity index (χ1n) is 5.00. The van der Waals surface area contributed by atoms with E-state index in [9.17, 15) is 13.2 Å². The van der Waals surface area contributed by atoms with E-state index in [0.717, 1.165) is 0 Å². The van der Waals surface area contributed by atoms with Gasteiger partial charge in [0, 0.05) is 11.6 Å². The molecule has 0 atom stereocenters. The van der Waals surface area contributed by atoms with E-state index in [2.05, 4.69) is 14.7 Å². The number of ether oxygens (including phenoxy) is 1. The zero-order valence-electron chi connectivity index (χ0n) is 9.28. The van der Waals surface area contributed by atoms with Crippen molar-refractivity contribution in [2.24, 2.45) is 0 Å². The summed E-state index contributed by atoms with van der Waals surface area (Å²) in [6.45, 7) is 0. The van der Waals surface area contributed by atoms with Crippen LogP contribution in [0.4, 0.5) is 19.1 Å². The molecule has 2 rings (SSSR count). The molecule has 100 valence electrons. The summed E-state index contributed by atoms with van der Waals surface area (Å²) in [6.07, 6.45) is -4.75. The normalized spacial score (nSPS) is 11.4. The van der Waals surface area contributed by atoms with Crippen molar-refractivity contribution in [3.63, 3.8) is 0 Å². The molecule has 1 aromatic heterocycles. The predicted molar refractivity (Wildman–Crippen MR) is 63.6 cm³/mol. The highest BCUT2D eigenvalue weighted by atomic mass is 35.5. The molecule has 0 aliphatic rings. The molecule has 4 nitrogen and oxygen atoms in total. The quantitative estimate of drug-likeness (QED) is 0.862. The van der Waals surface area contributed by atoms with Crippen molar-refractivity contribution in [1.82, 2.24) is 9.97 Å². The van der Waals surface area contributed by atoms with E-state index < -0.39 is 6.36 Å². The fourth-order valence-corrected chi connectivity index (χ4v) is 1.63. The highest BCUT2D eigenvalue weighted by molar-refractivity contribution is 6.29. The Bertz CT molecular complexity index is 584. The number of rotatable bonds is 2. The van der Waals surface area contributed by atoms with Gasteiger partial charge in [0.2, 0.25) is 5.95 Å². The lowest BCUT2D eigenvalue weighted by molar-refractivity contribution is -0.274. The average Bonchev–Trinajstić information content (AvgIpc) is 2.25. The van der Waals surface area contributed by atoms with Gasteiger partial charge in [0.05, 0.1) is 5.69 Å². The Morgan fingerprint density at radius 3 is 2.53 bits per heavy atom. The van der Waals surface area contributed by atoms with Gasteiger partial charge in [-0.05, 0) is 12.1 Å². The molecular weight excluding hydrogens is 283 g/mol. The molecule has 0 unspecified atom stereocenters. The smallest absolute Gasteiger partial charge is 0.406 e. The van der Waals surface area contributed by atoms with Gasteiger partial charge in [-0.1, -0.05) is 23.7 Å². The number of hydrogen-bond donors (Lipinski definition) is 1. The molecule has 0 saturated carbocycles. The second kappa shape index (κ2) is 4.93. The van der Waals surface area contributed by atoms with Crippen LogP contribution in [0, 0.1) is 0 Å². The molecule has 0 fully saturated rings. The second-order valence-corrected chi connectivity index (χ2v) is 3.90. The minimum Gasteiger partial charge on any atom is -0.406 e. The molecule has 0 bridgehead atoms. The molecule has 0 saturated heterocycles. The molecule has 8 heteroatoms. The number of nitrogens with zero attached hydrogens (tertiary/aromatic N) is 2. The maximum atomic E-state index is 12.1. The third-order valence-electron chi connectivity index (χ3n) is 2.08. The number of anilines is 1. The van der Waals surface area contributed by atoms with Gasteiger partial charge in [-0.15, -0.1) is 13.2 Å². The monoisotopic (exact) mass is 289 g/mol. The molecule has 2 aromatic rings. The molecule has 0 aliphatic carbocycles. The minimum atomic E-state index is -4.75. The van der Waals surface area contributed by atoms with Crippen LogP contribution in [0.15, 0.2) is 30.3 Å². The topological polar surface area (TPSA) is 61.0 Å². The fourth-order valence-electron chi connectivity index (χ4n) is 1.44. The van der Waals surface area contributed by atoms with Crippen molar-refractivity contribution in [2.75, 3.05) is 5.73 Å². The van der Waals surface area contributed by atoms with Gasteiger partial charge in [-0.2, -0.15) is 0 Å². The van der Waals surface area contributed by atoms with Crippen molar-refractivity contribution in [2.45, 2.75) is 6.36 Å². The third kappa shape index (κ3) is 3.72. The van der Waals surface area contributed by atoms with Gasteiger partial charge < -0.3 is 10.5 Å². The van der Waals surface area contributed by atoms with Gasteiger partial charge in [-0.3, -0.25) is 0 Å². The van der Waals surface area contributed by atoms with Crippen LogP contribution in [0.25, 0.3) is 11.3 Å². The predicted octanol–water partition coefficient (Wildman–Crippen LogP) is 3.28. The highest BCUT2D eigenvalue weighted by Crippen LogP contribution is 2.28. The zero-order chi connectivity index (χ0) is 14.0. The van der Waals surface area contributed by atoms with Gasteiger partial charge in [-0.25, -0.2) is 9.97 Å². The van der Waals surface area contributed by atoms with Crippen molar-refractivity contribution in [3.8, 4) is 17.0 Å². The highest BCUT2D eigenvalue weighted by Gasteiger charge is 2.31. The number of aromatic nitrogens is 2. The number of halogens is 4. The third-order valence-corrected chi connectivity index (χ3v) is 2.27. The van der Waals surface area contributed by atoms with Gasteiger partial charge in [0.15, 0.2) is 0 Å². The number of benzene rings is 1. The minimum absolute atomic E-state index is 0.0651. The lowest BCUT2D eigenvalue weighted by atomic mass is 10.1. The summed E-state index contributed by atoms with van der Waals surface area (Å²) in [7, 11) is 0. The first kappa shape index (κ1) is 13.4. The summed E-state index contributed by atoms with van der Waals surface area (Å²) in [5, 5.41) is 0.102. The second-order valence-electron chi connectivity index (χ2n) is 3.51. The first-order valence-corrected chi connectivity index (χ1v) is 5.37. The van der Waals surface area contributed by atoms with Crippen LogP contribution in [0.5, 0.6) is 5.75 Å². The molecule has 1 aromatic carbocycles. The first-order chi connectivity index (χ1) is 8.83. The fraction of sp³-hybridized carbons (Fsp3) is 0.0909. The summed E-state index contributed by atoms with van der Waals surface area (Å²) in [5.41, 5.74) is 6.12. The molecule has 0 spiro atoms. The molecular formula is C11H7ClF3N3O. The lowest BCUT2D eigenvalue weighted by Gasteiger charge is -2.10. The molecule has 0 radical (unpaired) electrons. The van der Waals surface area contributed by atoms with Gasteiger partial charge >= 0.3 is 6.36 Å². The van der Waals surface area contributed by atoms with E-state index in [0.29, 0.717) is 11.3 Å². The Hall–Kier alpha value is -2.02. The Balaban J connectivity index is 2.37. The Morgan fingerprint density at radius 1 is 1.16 bits per heavy atom. The van der Waals surface area contributed by atoms with Crippen molar-refractivity contribution in [3.05, 3.63) is 35.5 Å². The van der Waals surface area contributed by atoms with Crippen molar-refractivity contribution < 1.29 is 17.9 Å². The van der Waals surface area contributed by atoms with Crippen LogP contribution in [0.2, 0.25) is 5.15 Å². The number of nitrogen functional groups attached to an aromatic ring is 1. The zero-order valence-corrected chi connectivity index (χ0v) is 10.0. The van der Waals surface area contributed by atoms with Crippen LogP contribution in [-0.2, 0) is 0 Å².